The molecule has 0 bridgehead atoms. The van der Waals surface area contributed by atoms with Crippen LogP contribution < -0.4 is 5.32 Å². The van der Waals surface area contributed by atoms with Gasteiger partial charge in [-0.25, -0.2) is 0 Å². The maximum absolute atomic E-state index is 4.12. The van der Waals surface area contributed by atoms with Gasteiger partial charge < -0.3 is 5.32 Å². The SMILES string of the molecule is c1n[nH]c(C2CC2)c1CNC1CC1. The Hall–Kier alpha value is -0.830. The molecule has 2 N–H and O–H groups in total. The first kappa shape index (κ1) is 7.56. The van der Waals surface area contributed by atoms with Crippen LogP contribution in [0, 0.1) is 0 Å². The number of hydrogen-bond acceptors (Lipinski definition) is 2. The van der Waals surface area contributed by atoms with Crippen LogP contribution in [0.1, 0.15) is 42.9 Å². The van der Waals surface area contributed by atoms with Crippen LogP contribution in [0.25, 0.3) is 0 Å². The first-order valence-corrected chi connectivity index (χ1v) is 5.19. The van der Waals surface area contributed by atoms with E-state index in [4.69, 9.17) is 0 Å². The van der Waals surface area contributed by atoms with Crippen molar-refractivity contribution in [2.45, 2.75) is 44.2 Å². The van der Waals surface area contributed by atoms with Crippen LogP contribution in [0.3, 0.4) is 0 Å². The van der Waals surface area contributed by atoms with Gasteiger partial charge >= 0.3 is 0 Å². The van der Waals surface area contributed by atoms with E-state index in [0.29, 0.717) is 0 Å². The summed E-state index contributed by atoms with van der Waals surface area (Å²) in [4.78, 5) is 0. The lowest BCUT2D eigenvalue weighted by atomic mass is 10.2. The molecule has 3 heteroatoms. The van der Waals surface area contributed by atoms with Crippen LogP contribution >= 0.6 is 0 Å². The summed E-state index contributed by atoms with van der Waals surface area (Å²) in [5, 5.41) is 10.8. The minimum absolute atomic E-state index is 0.790. The molecule has 3 rings (SSSR count). The van der Waals surface area contributed by atoms with Crippen molar-refractivity contribution in [1.82, 2.24) is 15.5 Å². The molecule has 70 valence electrons. The van der Waals surface area contributed by atoms with Gasteiger partial charge in [0.1, 0.15) is 0 Å². The first-order chi connectivity index (χ1) is 6.43. The van der Waals surface area contributed by atoms with Gasteiger partial charge in [0.2, 0.25) is 0 Å². The fourth-order valence-electron chi connectivity index (χ4n) is 1.73. The van der Waals surface area contributed by atoms with Crippen molar-refractivity contribution in [1.29, 1.82) is 0 Å². The summed E-state index contributed by atoms with van der Waals surface area (Å²) >= 11 is 0. The summed E-state index contributed by atoms with van der Waals surface area (Å²) < 4.78 is 0. The average molecular weight is 177 g/mol. The molecule has 1 aromatic rings. The van der Waals surface area contributed by atoms with E-state index in [2.05, 4.69) is 15.5 Å². The van der Waals surface area contributed by atoms with Crippen molar-refractivity contribution in [3.8, 4) is 0 Å². The third kappa shape index (κ3) is 1.61. The standard InChI is InChI=1S/C10H15N3/c1-2-7(1)10-8(6-12-13-10)5-11-9-3-4-9/h6-7,9,11H,1-5H2,(H,12,13). The van der Waals surface area contributed by atoms with Crippen molar-refractivity contribution >= 4 is 0 Å². The molecule has 2 aliphatic carbocycles. The van der Waals surface area contributed by atoms with Crippen LogP contribution in [0.5, 0.6) is 0 Å². The zero-order valence-electron chi connectivity index (χ0n) is 7.71. The molecule has 1 heterocycles. The molecule has 0 aliphatic heterocycles. The normalized spacial score (nSPS) is 22.2. The predicted octanol–water partition coefficient (Wildman–Crippen LogP) is 1.54. The van der Waals surface area contributed by atoms with Crippen molar-refractivity contribution in [3.05, 3.63) is 17.5 Å². The van der Waals surface area contributed by atoms with Crippen molar-refractivity contribution < 1.29 is 0 Å². The van der Waals surface area contributed by atoms with Gasteiger partial charge in [-0.05, 0) is 25.7 Å². The molecule has 1 aromatic heterocycles. The molecule has 2 saturated carbocycles. The van der Waals surface area contributed by atoms with E-state index in [1.807, 2.05) is 6.20 Å². The molecule has 0 atom stereocenters. The van der Waals surface area contributed by atoms with Crippen molar-refractivity contribution in [3.63, 3.8) is 0 Å². The molecule has 3 nitrogen and oxygen atoms in total. The quantitative estimate of drug-likeness (QED) is 0.732. The second kappa shape index (κ2) is 2.84. The smallest absolute Gasteiger partial charge is 0.0535 e. The molecule has 0 aromatic carbocycles. The number of hydrogen-bond donors (Lipinski definition) is 2. The molecule has 13 heavy (non-hydrogen) atoms. The minimum atomic E-state index is 0.790. The molecule has 2 aliphatic rings. The number of rotatable bonds is 4. The van der Waals surface area contributed by atoms with Gasteiger partial charge in [0.05, 0.1) is 6.20 Å². The Morgan fingerprint density at radius 3 is 2.92 bits per heavy atom. The van der Waals surface area contributed by atoms with Crippen molar-refractivity contribution in [2.24, 2.45) is 0 Å². The fraction of sp³-hybridized carbons (Fsp3) is 0.700. The monoisotopic (exact) mass is 177 g/mol. The highest BCUT2D eigenvalue weighted by atomic mass is 15.1. The van der Waals surface area contributed by atoms with Crippen LogP contribution in [-0.4, -0.2) is 16.2 Å². The molecular formula is C10H15N3. The third-order valence-electron chi connectivity index (χ3n) is 2.90. The predicted molar refractivity (Wildman–Crippen MR) is 50.4 cm³/mol. The Balaban J connectivity index is 1.67. The van der Waals surface area contributed by atoms with Gasteiger partial charge in [0, 0.05) is 29.8 Å². The largest absolute Gasteiger partial charge is 0.310 e. The summed E-state index contributed by atoms with van der Waals surface area (Å²) in [6, 6.07) is 0.793. The van der Waals surface area contributed by atoms with E-state index >= 15 is 0 Å². The second-order valence-corrected chi connectivity index (χ2v) is 4.24. The summed E-state index contributed by atoms with van der Waals surface area (Å²) in [6.07, 6.45) is 7.38. The number of H-pyrrole nitrogens is 1. The van der Waals surface area contributed by atoms with Gasteiger partial charge in [0.25, 0.3) is 0 Å². The van der Waals surface area contributed by atoms with Gasteiger partial charge in [-0.3, -0.25) is 5.10 Å². The Bertz CT molecular complexity index is 297. The maximum atomic E-state index is 4.12. The van der Waals surface area contributed by atoms with Crippen LogP contribution in [0.15, 0.2) is 6.20 Å². The van der Waals surface area contributed by atoms with Gasteiger partial charge in [-0.15, -0.1) is 0 Å². The highest BCUT2D eigenvalue weighted by molar-refractivity contribution is 5.24. The van der Waals surface area contributed by atoms with E-state index in [9.17, 15) is 0 Å². The third-order valence-corrected chi connectivity index (χ3v) is 2.90. The number of aromatic nitrogens is 2. The Labute approximate surface area is 77.9 Å². The molecular weight excluding hydrogens is 162 g/mol. The maximum Gasteiger partial charge on any atom is 0.0535 e. The Morgan fingerprint density at radius 2 is 2.23 bits per heavy atom. The lowest BCUT2D eigenvalue weighted by Crippen LogP contribution is -2.15. The number of nitrogens with one attached hydrogen (secondary N) is 2. The van der Waals surface area contributed by atoms with Gasteiger partial charge in [0.15, 0.2) is 0 Å². The van der Waals surface area contributed by atoms with E-state index < -0.39 is 0 Å². The van der Waals surface area contributed by atoms with E-state index in [0.717, 1.165) is 18.5 Å². The minimum Gasteiger partial charge on any atom is -0.310 e. The zero-order chi connectivity index (χ0) is 8.67. The van der Waals surface area contributed by atoms with Crippen LogP contribution in [0.2, 0.25) is 0 Å². The fourth-order valence-corrected chi connectivity index (χ4v) is 1.73. The van der Waals surface area contributed by atoms with Crippen LogP contribution in [0.4, 0.5) is 0 Å². The number of nitrogens with zero attached hydrogens (tertiary/aromatic N) is 1. The number of aromatic amines is 1. The highest BCUT2D eigenvalue weighted by Gasteiger charge is 2.28. The zero-order valence-corrected chi connectivity index (χ0v) is 7.71. The van der Waals surface area contributed by atoms with Gasteiger partial charge in [-0.1, -0.05) is 0 Å². The van der Waals surface area contributed by atoms with Crippen LogP contribution in [-0.2, 0) is 6.54 Å². The lowest BCUT2D eigenvalue weighted by molar-refractivity contribution is 0.682. The summed E-state index contributed by atoms with van der Waals surface area (Å²) in [6.45, 7) is 1.01. The average Bonchev–Trinajstić information content (AvgIpc) is 3.03. The van der Waals surface area contributed by atoms with E-state index in [1.165, 1.54) is 36.9 Å². The first-order valence-electron chi connectivity index (χ1n) is 5.19. The molecule has 0 saturated heterocycles. The Kier molecular flexibility index (Phi) is 1.65. The molecule has 0 unspecified atom stereocenters. The van der Waals surface area contributed by atoms with Gasteiger partial charge in [-0.2, -0.15) is 5.10 Å². The topological polar surface area (TPSA) is 40.7 Å². The molecule has 0 amide bonds. The Morgan fingerprint density at radius 1 is 1.38 bits per heavy atom. The van der Waals surface area contributed by atoms with Crippen molar-refractivity contribution in [2.75, 3.05) is 0 Å². The molecule has 2 fully saturated rings. The highest BCUT2D eigenvalue weighted by Crippen LogP contribution is 2.40. The molecule has 0 spiro atoms. The van der Waals surface area contributed by atoms with E-state index in [1.54, 1.807) is 0 Å². The van der Waals surface area contributed by atoms with E-state index in [-0.39, 0.29) is 0 Å². The lowest BCUT2D eigenvalue weighted by Gasteiger charge is -2.02. The summed E-state index contributed by atoms with van der Waals surface area (Å²) in [5.74, 6) is 0.790. The summed E-state index contributed by atoms with van der Waals surface area (Å²) in [5.41, 5.74) is 2.77. The second-order valence-electron chi connectivity index (χ2n) is 4.24. The summed E-state index contributed by atoms with van der Waals surface area (Å²) in [7, 11) is 0. The molecule has 0 radical (unpaired) electrons.